The van der Waals surface area contributed by atoms with Gasteiger partial charge in [0.2, 0.25) is 0 Å². The zero-order valence-electron chi connectivity index (χ0n) is 9.43. The molecule has 0 saturated carbocycles. The summed E-state index contributed by atoms with van der Waals surface area (Å²) in [5.41, 5.74) is 1.86. The van der Waals surface area contributed by atoms with E-state index in [1.807, 2.05) is 29.2 Å². The molecule has 1 aromatic carbocycles. The molecule has 1 N–H and O–H groups in total. The monoisotopic (exact) mass is 216 g/mol. The highest BCUT2D eigenvalue weighted by Crippen LogP contribution is 2.37. The van der Waals surface area contributed by atoms with Gasteiger partial charge >= 0.3 is 0 Å². The number of aliphatic imine (C=N–C) groups is 1. The molecule has 0 amide bonds. The zero-order valence-corrected chi connectivity index (χ0v) is 9.43. The molecule has 0 aliphatic carbocycles. The van der Waals surface area contributed by atoms with Crippen molar-refractivity contribution in [3.8, 4) is 0 Å². The largest absolute Gasteiger partial charge is 0.369 e. The van der Waals surface area contributed by atoms with Crippen molar-refractivity contribution < 1.29 is 5.11 Å². The molecule has 3 nitrogen and oxygen atoms in total. The lowest BCUT2D eigenvalue weighted by molar-refractivity contribution is 0.0387. The molecule has 16 heavy (non-hydrogen) atoms. The van der Waals surface area contributed by atoms with Gasteiger partial charge in [0.25, 0.3) is 0 Å². The molecular formula is C13H16N2O. The number of rotatable bonds is 0. The first-order valence-corrected chi connectivity index (χ1v) is 5.89. The summed E-state index contributed by atoms with van der Waals surface area (Å²) in [6.45, 7) is 3.10. The number of nitrogens with zero attached hydrogens (tertiary/aromatic N) is 2. The third kappa shape index (κ3) is 1.35. The summed E-state index contributed by atoms with van der Waals surface area (Å²) in [4.78, 5) is 6.72. The molecule has 3 rings (SSSR count). The third-order valence-corrected chi connectivity index (χ3v) is 3.52. The normalized spacial score (nSPS) is 28.1. The Morgan fingerprint density at radius 2 is 2.19 bits per heavy atom. The minimum atomic E-state index is -0.508. The maximum absolute atomic E-state index is 10.3. The Hall–Kier alpha value is -1.35. The van der Waals surface area contributed by atoms with Crippen LogP contribution in [0.5, 0.6) is 0 Å². The van der Waals surface area contributed by atoms with Crippen LogP contribution in [0.4, 0.5) is 5.69 Å². The maximum Gasteiger partial charge on any atom is 0.156 e. The van der Waals surface area contributed by atoms with Crippen molar-refractivity contribution in [2.24, 2.45) is 10.9 Å². The smallest absolute Gasteiger partial charge is 0.156 e. The maximum atomic E-state index is 10.3. The molecule has 1 saturated heterocycles. The van der Waals surface area contributed by atoms with E-state index < -0.39 is 6.23 Å². The van der Waals surface area contributed by atoms with Crippen LogP contribution in [0.3, 0.4) is 0 Å². The Kier molecular flexibility index (Phi) is 2.21. The highest BCUT2D eigenvalue weighted by atomic mass is 16.3. The van der Waals surface area contributed by atoms with Crippen molar-refractivity contribution in [3.05, 3.63) is 29.8 Å². The second-order valence-electron chi connectivity index (χ2n) is 4.64. The van der Waals surface area contributed by atoms with Gasteiger partial charge < -0.3 is 10.0 Å². The van der Waals surface area contributed by atoms with Gasteiger partial charge in [0.15, 0.2) is 6.23 Å². The number of fused-ring (bicyclic) bond motifs is 2. The Morgan fingerprint density at radius 1 is 1.38 bits per heavy atom. The predicted molar refractivity (Wildman–Crippen MR) is 63.6 cm³/mol. The van der Waals surface area contributed by atoms with Gasteiger partial charge in [-0.2, -0.15) is 0 Å². The number of para-hydroxylation sites is 1. The Balaban J connectivity index is 2.11. The van der Waals surface area contributed by atoms with E-state index in [4.69, 9.17) is 0 Å². The average molecular weight is 216 g/mol. The molecule has 1 aromatic rings. The number of benzene rings is 1. The van der Waals surface area contributed by atoms with Gasteiger partial charge in [-0.25, -0.2) is 4.99 Å². The van der Waals surface area contributed by atoms with Gasteiger partial charge in [0.05, 0.1) is 5.69 Å². The fraction of sp³-hybridized carbons (Fsp3) is 0.462. The summed E-state index contributed by atoms with van der Waals surface area (Å²) >= 11 is 0. The van der Waals surface area contributed by atoms with Crippen LogP contribution in [-0.2, 0) is 0 Å². The van der Waals surface area contributed by atoms with Crippen LogP contribution in [-0.4, -0.2) is 22.4 Å². The molecule has 84 valence electrons. The summed E-state index contributed by atoms with van der Waals surface area (Å²) in [6.07, 6.45) is 1.80. The van der Waals surface area contributed by atoms with Crippen LogP contribution in [0.1, 0.15) is 31.6 Å². The first kappa shape index (κ1) is 9.85. The number of hydrogen-bond donors (Lipinski definition) is 1. The van der Waals surface area contributed by atoms with Crippen LogP contribution in [0.15, 0.2) is 29.3 Å². The minimum absolute atomic E-state index is 0.455. The number of hydrogen-bond acceptors (Lipinski definition) is 3. The summed E-state index contributed by atoms with van der Waals surface area (Å²) < 4.78 is 0. The predicted octanol–water partition coefficient (Wildman–Crippen LogP) is 2.45. The van der Waals surface area contributed by atoms with Crippen LogP contribution in [0.2, 0.25) is 0 Å². The van der Waals surface area contributed by atoms with Crippen LogP contribution in [0, 0.1) is 5.92 Å². The van der Waals surface area contributed by atoms with Crippen LogP contribution in [0.25, 0.3) is 0 Å². The van der Waals surface area contributed by atoms with Gasteiger partial charge in [-0.3, -0.25) is 0 Å². The first-order chi connectivity index (χ1) is 7.77. The van der Waals surface area contributed by atoms with Gasteiger partial charge in [-0.05, 0) is 18.9 Å². The molecule has 0 aromatic heterocycles. The Labute approximate surface area is 95.4 Å². The lowest BCUT2D eigenvalue weighted by Gasteiger charge is -2.40. The summed E-state index contributed by atoms with van der Waals surface area (Å²) in [6, 6.07) is 7.86. The molecule has 3 heteroatoms. The van der Waals surface area contributed by atoms with Crippen molar-refractivity contribution >= 4 is 11.5 Å². The second kappa shape index (κ2) is 3.59. The number of aliphatic hydroxyl groups is 1. The van der Waals surface area contributed by atoms with Gasteiger partial charge in [0.1, 0.15) is 5.84 Å². The molecule has 2 aliphatic rings. The zero-order chi connectivity index (χ0) is 11.1. The average Bonchev–Trinajstić information content (AvgIpc) is 2.31. The summed E-state index contributed by atoms with van der Waals surface area (Å²) in [5.74, 6) is 1.51. The number of amidine groups is 1. The van der Waals surface area contributed by atoms with E-state index in [-0.39, 0.29) is 0 Å². The van der Waals surface area contributed by atoms with Gasteiger partial charge in [0, 0.05) is 18.0 Å². The van der Waals surface area contributed by atoms with E-state index in [9.17, 15) is 5.11 Å². The van der Waals surface area contributed by atoms with Crippen molar-refractivity contribution in [2.75, 3.05) is 6.54 Å². The Bertz CT molecular complexity index is 441. The van der Waals surface area contributed by atoms with Crippen LogP contribution < -0.4 is 0 Å². The first-order valence-electron chi connectivity index (χ1n) is 5.89. The third-order valence-electron chi connectivity index (χ3n) is 3.52. The number of piperidine rings is 1. The topological polar surface area (TPSA) is 35.8 Å². The van der Waals surface area contributed by atoms with Crippen LogP contribution >= 0.6 is 0 Å². The van der Waals surface area contributed by atoms with Crippen molar-refractivity contribution in [2.45, 2.75) is 26.0 Å². The quantitative estimate of drug-likeness (QED) is 0.723. The highest BCUT2D eigenvalue weighted by molar-refractivity contribution is 5.89. The standard InChI is InChI=1S/C13H16N2O/c1-9-5-4-8-15-12(9)14-11-7-3-2-6-10(11)13(15)16/h2-3,6-7,9,13,16H,4-5,8H2,1H3. The lowest BCUT2D eigenvalue weighted by Crippen LogP contribution is -2.44. The second-order valence-corrected chi connectivity index (χ2v) is 4.64. The van der Waals surface area contributed by atoms with E-state index in [2.05, 4.69) is 11.9 Å². The molecule has 2 heterocycles. The molecule has 0 spiro atoms. The summed E-state index contributed by atoms with van der Waals surface area (Å²) in [7, 11) is 0. The van der Waals surface area contributed by atoms with E-state index in [1.165, 1.54) is 6.42 Å². The van der Waals surface area contributed by atoms with E-state index >= 15 is 0 Å². The van der Waals surface area contributed by atoms with Gasteiger partial charge in [-0.1, -0.05) is 25.1 Å². The molecule has 0 bridgehead atoms. The molecule has 2 atom stereocenters. The lowest BCUT2D eigenvalue weighted by atomic mass is 9.95. The fourth-order valence-electron chi connectivity index (χ4n) is 2.62. The SMILES string of the molecule is CC1CCCN2C1=Nc1ccccc1C2O. The van der Waals surface area contributed by atoms with E-state index in [0.29, 0.717) is 5.92 Å². The molecule has 0 radical (unpaired) electrons. The summed E-state index contributed by atoms with van der Waals surface area (Å²) in [5, 5.41) is 10.3. The minimum Gasteiger partial charge on any atom is -0.369 e. The Morgan fingerprint density at radius 3 is 3.06 bits per heavy atom. The number of aliphatic hydroxyl groups excluding tert-OH is 1. The molecule has 2 unspecified atom stereocenters. The van der Waals surface area contributed by atoms with Gasteiger partial charge in [-0.15, -0.1) is 0 Å². The van der Waals surface area contributed by atoms with E-state index in [1.54, 1.807) is 0 Å². The molecule has 1 fully saturated rings. The highest BCUT2D eigenvalue weighted by Gasteiger charge is 2.32. The van der Waals surface area contributed by atoms with Crippen molar-refractivity contribution in [1.29, 1.82) is 0 Å². The van der Waals surface area contributed by atoms with E-state index in [0.717, 1.165) is 30.1 Å². The van der Waals surface area contributed by atoms with Crippen molar-refractivity contribution in [3.63, 3.8) is 0 Å². The van der Waals surface area contributed by atoms with Crippen molar-refractivity contribution in [1.82, 2.24) is 4.90 Å². The molecule has 2 aliphatic heterocycles. The molecular weight excluding hydrogens is 200 g/mol. The fourth-order valence-corrected chi connectivity index (χ4v) is 2.62.